The number of ether oxygens (including phenoxy) is 4. The first-order valence-corrected chi connectivity index (χ1v) is 12.1. The smallest absolute Gasteiger partial charge is 0.343 e. The van der Waals surface area contributed by atoms with E-state index >= 15 is 0 Å². The number of hydrogen-bond donors (Lipinski definition) is 1. The highest BCUT2D eigenvalue weighted by Crippen LogP contribution is 2.45. The Morgan fingerprint density at radius 2 is 1.77 bits per heavy atom. The lowest BCUT2D eigenvalue weighted by Crippen LogP contribution is -2.21. The summed E-state index contributed by atoms with van der Waals surface area (Å²) in [6.07, 6.45) is 0. The summed E-state index contributed by atoms with van der Waals surface area (Å²) in [4.78, 5) is 12.5. The molecule has 0 fully saturated rings. The first kappa shape index (κ1) is 26.3. The molecule has 1 aliphatic rings. The average Bonchev–Trinajstić information content (AvgIpc) is 2.96. The molecule has 2 N–H and O–H groups in total. The van der Waals surface area contributed by atoms with Gasteiger partial charge in [0.15, 0.2) is 11.5 Å². The number of carbonyl (C=O) groups is 1. The number of rotatable bonds is 7. The fourth-order valence-corrected chi connectivity index (χ4v) is 4.35. The van der Waals surface area contributed by atoms with Crippen LogP contribution in [0, 0.1) is 23.0 Å². The van der Waals surface area contributed by atoms with E-state index in [1.807, 2.05) is 0 Å². The third-order valence-corrected chi connectivity index (χ3v) is 6.34. The predicted molar refractivity (Wildman–Crippen MR) is 141 cm³/mol. The lowest BCUT2D eigenvalue weighted by molar-refractivity contribution is 0.0734. The highest BCUT2D eigenvalue weighted by atomic mass is 19.1. The van der Waals surface area contributed by atoms with E-state index in [0.29, 0.717) is 33.9 Å². The second kappa shape index (κ2) is 11.2. The van der Waals surface area contributed by atoms with Crippen LogP contribution in [0.2, 0.25) is 0 Å². The minimum Gasteiger partial charge on any atom is -0.493 e. The summed E-state index contributed by atoms with van der Waals surface area (Å²) in [5.74, 6) is -1.00. The molecule has 1 unspecified atom stereocenters. The number of methoxy groups -OCH3 is 1. The molecule has 0 spiro atoms. The number of nitrogens with zero attached hydrogens (tertiary/aromatic N) is 1. The van der Waals surface area contributed by atoms with Crippen LogP contribution in [0.5, 0.6) is 23.0 Å². The average molecular weight is 541 g/mol. The van der Waals surface area contributed by atoms with Gasteiger partial charge in [0.05, 0.1) is 18.6 Å². The summed E-state index contributed by atoms with van der Waals surface area (Å²) in [5.41, 5.74) is 8.14. The second-order valence-electron chi connectivity index (χ2n) is 8.81. The molecule has 0 saturated carbocycles. The van der Waals surface area contributed by atoms with E-state index in [1.54, 1.807) is 48.5 Å². The third-order valence-electron chi connectivity index (χ3n) is 6.34. The maximum absolute atomic E-state index is 14.0. The number of nitriles is 1. The molecule has 200 valence electrons. The Kier molecular flexibility index (Phi) is 7.33. The Hall–Kier alpha value is -5.36. The molecular weight excluding hydrogens is 518 g/mol. The van der Waals surface area contributed by atoms with Crippen LogP contribution in [-0.4, -0.2) is 13.1 Å². The molecule has 1 atom stereocenters. The van der Waals surface area contributed by atoms with E-state index in [0.717, 1.165) is 12.1 Å². The zero-order chi connectivity index (χ0) is 28.2. The largest absolute Gasteiger partial charge is 0.493 e. The van der Waals surface area contributed by atoms with Gasteiger partial charge in [0, 0.05) is 17.2 Å². The first-order valence-electron chi connectivity index (χ1n) is 12.1. The summed E-state index contributed by atoms with van der Waals surface area (Å²) < 4.78 is 49.7. The van der Waals surface area contributed by atoms with E-state index in [1.165, 1.54) is 31.4 Å². The number of halogens is 2. The summed E-state index contributed by atoms with van der Waals surface area (Å²) >= 11 is 0. The molecule has 40 heavy (non-hydrogen) atoms. The topological polar surface area (TPSA) is 104 Å². The Bertz CT molecular complexity index is 1660. The first-order chi connectivity index (χ1) is 19.4. The molecule has 0 saturated heterocycles. The molecule has 5 rings (SSSR count). The zero-order valence-corrected chi connectivity index (χ0v) is 21.2. The molecule has 9 heteroatoms. The minimum absolute atomic E-state index is 0.00179. The van der Waals surface area contributed by atoms with E-state index in [2.05, 4.69) is 6.07 Å². The van der Waals surface area contributed by atoms with Crippen molar-refractivity contribution in [2.45, 2.75) is 12.5 Å². The van der Waals surface area contributed by atoms with Crippen molar-refractivity contribution in [1.82, 2.24) is 0 Å². The molecule has 1 heterocycles. The van der Waals surface area contributed by atoms with E-state index < -0.39 is 17.7 Å². The summed E-state index contributed by atoms with van der Waals surface area (Å²) in [6, 6.07) is 23.3. The van der Waals surface area contributed by atoms with Crippen LogP contribution in [0.1, 0.15) is 33.0 Å². The number of carbonyl (C=O) groups excluding carboxylic acids is 1. The van der Waals surface area contributed by atoms with Crippen LogP contribution in [-0.2, 0) is 6.61 Å². The van der Waals surface area contributed by atoms with Gasteiger partial charge < -0.3 is 24.7 Å². The zero-order valence-electron chi connectivity index (χ0n) is 21.2. The highest BCUT2D eigenvalue weighted by Gasteiger charge is 2.32. The molecule has 1 aliphatic heterocycles. The summed E-state index contributed by atoms with van der Waals surface area (Å²) in [6.45, 7) is -0.00179. The molecule has 7 nitrogen and oxygen atoms in total. The van der Waals surface area contributed by atoms with Crippen LogP contribution in [0.15, 0.2) is 96.4 Å². The van der Waals surface area contributed by atoms with Gasteiger partial charge in [-0.15, -0.1) is 0 Å². The number of fused-ring (bicyclic) bond motifs is 1. The van der Waals surface area contributed by atoms with Gasteiger partial charge in [-0.1, -0.05) is 30.3 Å². The van der Waals surface area contributed by atoms with Crippen LogP contribution >= 0.6 is 0 Å². The molecule has 0 amide bonds. The van der Waals surface area contributed by atoms with Gasteiger partial charge in [-0.25, -0.2) is 13.6 Å². The van der Waals surface area contributed by atoms with Crippen molar-refractivity contribution in [3.8, 4) is 29.1 Å². The van der Waals surface area contributed by atoms with Crippen LogP contribution in [0.3, 0.4) is 0 Å². The summed E-state index contributed by atoms with van der Waals surface area (Å²) in [7, 11) is 1.48. The third kappa shape index (κ3) is 5.28. The molecule has 4 aromatic rings. The quantitative estimate of drug-likeness (QED) is 0.227. The van der Waals surface area contributed by atoms with Crippen molar-refractivity contribution < 1.29 is 32.5 Å². The van der Waals surface area contributed by atoms with E-state index in [4.69, 9.17) is 24.7 Å². The Labute approximate surface area is 228 Å². The monoisotopic (exact) mass is 540 g/mol. The van der Waals surface area contributed by atoms with Gasteiger partial charge >= 0.3 is 5.97 Å². The number of hydrogen-bond acceptors (Lipinski definition) is 7. The molecule has 0 aliphatic carbocycles. The lowest BCUT2D eigenvalue weighted by Gasteiger charge is -2.27. The van der Waals surface area contributed by atoms with E-state index in [-0.39, 0.29) is 35.2 Å². The van der Waals surface area contributed by atoms with E-state index in [9.17, 15) is 18.8 Å². The second-order valence-corrected chi connectivity index (χ2v) is 8.81. The standard InChI is InChI=1S/C31H22F2N2O5/c1-37-28-14-19(8-13-26(28)38-17-20-4-2-3-5-25(20)33)29-23-12-11-22(15-27(23)40-30(35)24(29)16-34)39-31(36)18-6-9-21(32)10-7-18/h2-15,29H,17,35H2,1H3. The van der Waals surface area contributed by atoms with Crippen LogP contribution in [0.4, 0.5) is 8.78 Å². The van der Waals surface area contributed by atoms with Gasteiger partial charge in [-0.3, -0.25) is 0 Å². The molecule has 4 aromatic carbocycles. The number of benzene rings is 4. The van der Waals surface area contributed by atoms with Crippen molar-refractivity contribution in [2.75, 3.05) is 7.11 Å². The van der Waals surface area contributed by atoms with Crippen molar-refractivity contribution in [1.29, 1.82) is 5.26 Å². The van der Waals surface area contributed by atoms with Crippen molar-refractivity contribution in [2.24, 2.45) is 5.73 Å². The number of nitrogens with two attached hydrogens (primary N) is 1. The normalized spacial score (nSPS) is 14.0. The Morgan fingerprint density at radius 1 is 1.00 bits per heavy atom. The highest BCUT2D eigenvalue weighted by molar-refractivity contribution is 5.91. The number of allylic oxidation sites excluding steroid dienone is 1. The van der Waals surface area contributed by atoms with Crippen LogP contribution < -0.4 is 24.7 Å². The van der Waals surface area contributed by atoms with Crippen molar-refractivity contribution in [3.63, 3.8) is 0 Å². The van der Waals surface area contributed by atoms with Crippen molar-refractivity contribution >= 4 is 5.97 Å². The van der Waals surface area contributed by atoms with Gasteiger partial charge in [-0.2, -0.15) is 5.26 Å². The predicted octanol–water partition coefficient (Wildman–Crippen LogP) is 5.99. The minimum atomic E-state index is -0.677. The maximum Gasteiger partial charge on any atom is 0.343 e. The molecule has 0 radical (unpaired) electrons. The molecular formula is C31H22F2N2O5. The summed E-state index contributed by atoms with van der Waals surface area (Å²) in [5, 5.41) is 9.90. The van der Waals surface area contributed by atoms with Gasteiger partial charge in [-0.05, 0) is 54.1 Å². The molecule has 0 bridgehead atoms. The van der Waals surface area contributed by atoms with Gasteiger partial charge in [0.25, 0.3) is 0 Å². The van der Waals surface area contributed by atoms with Gasteiger partial charge in [0.2, 0.25) is 5.88 Å². The lowest BCUT2D eigenvalue weighted by atomic mass is 9.83. The fraction of sp³-hybridized carbons (Fsp3) is 0.0968. The maximum atomic E-state index is 14.0. The Balaban J connectivity index is 1.44. The van der Waals surface area contributed by atoms with Crippen molar-refractivity contribution in [3.05, 3.63) is 130 Å². The Morgan fingerprint density at radius 3 is 2.50 bits per heavy atom. The fourth-order valence-electron chi connectivity index (χ4n) is 4.35. The number of esters is 1. The van der Waals surface area contributed by atoms with Crippen LogP contribution in [0.25, 0.3) is 0 Å². The van der Waals surface area contributed by atoms with Gasteiger partial charge in [0.1, 0.15) is 41.4 Å². The SMILES string of the molecule is COc1cc(C2C(C#N)=C(N)Oc3cc(OC(=O)c4ccc(F)cc4)ccc32)ccc1OCc1ccccc1F. The molecule has 0 aromatic heterocycles.